The van der Waals surface area contributed by atoms with Crippen LogP contribution in [0.4, 0.5) is 11.4 Å². The highest BCUT2D eigenvalue weighted by molar-refractivity contribution is 5.94. The minimum absolute atomic E-state index is 0.111. The number of anilines is 1. The second-order valence-electron chi connectivity index (χ2n) is 4.11. The van der Waals surface area contributed by atoms with Crippen molar-refractivity contribution in [3.63, 3.8) is 0 Å². The summed E-state index contributed by atoms with van der Waals surface area (Å²) in [6.45, 7) is 1.64. The lowest BCUT2D eigenvalue weighted by Gasteiger charge is -2.13. The van der Waals surface area contributed by atoms with Crippen molar-refractivity contribution in [3.8, 4) is 5.75 Å². The van der Waals surface area contributed by atoms with Gasteiger partial charge < -0.3 is 10.4 Å². The van der Waals surface area contributed by atoms with Crippen LogP contribution in [0.15, 0.2) is 36.7 Å². The summed E-state index contributed by atoms with van der Waals surface area (Å²) in [4.78, 5) is 21.9. The van der Waals surface area contributed by atoms with Crippen molar-refractivity contribution >= 4 is 17.3 Å². The van der Waals surface area contributed by atoms with Gasteiger partial charge in [0, 0.05) is 18.5 Å². The first-order valence-electron chi connectivity index (χ1n) is 5.76. The van der Waals surface area contributed by atoms with Crippen LogP contribution in [0.3, 0.4) is 0 Å². The number of aromatic nitrogens is 2. The van der Waals surface area contributed by atoms with E-state index in [0.29, 0.717) is 0 Å². The van der Waals surface area contributed by atoms with E-state index in [-0.39, 0.29) is 17.1 Å². The maximum absolute atomic E-state index is 12.0. The average molecular weight is 276 g/mol. The van der Waals surface area contributed by atoms with Crippen molar-refractivity contribution in [2.24, 2.45) is 0 Å². The number of hydrogen-bond donors (Lipinski definition) is 2. The normalized spacial score (nSPS) is 11.8. The Bertz CT molecular complexity index is 639. The fourth-order valence-electron chi connectivity index (χ4n) is 1.61. The van der Waals surface area contributed by atoms with E-state index in [2.05, 4.69) is 10.4 Å². The summed E-state index contributed by atoms with van der Waals surface area (Å²) in [5.41, 5.74) is -0.139. The lowest BCUT2D eigenvalue weighted by atomic mass is 10.2. The first kappa shape index (κ1) is 13.5. The van der Waals surface area contributed by atoms with Crippen LogP contribution < -0.4 is 5.32 Å². The first-order valence-corrected chi connectivity index (χ1v) is 5.76. The fourth-order valence-corrected chi connectivity index (χ4v) is 1.61. The molecular weight excluding hydrogens is 264 g/mol. The third-order valence-electron chi connectivity index (χ3n) is 2.75. The Morgan fingerprint density at radius 2 is 2.30 bits per heavy atom. The molecule has 2 rings (SSSR count). The van der Waals surface area contributed by atoms with Gasteiger partial charge in [0.25, 0.3) is 5.69 Å². The number of phenolic OH excluding ortho intramolecular Hbond substituents is 1. The second kappa shape index (κ2) is 5.39. The van der Waals surface area contributed by atoms with Gasteiger partial charge in [0.2, 0.25) is 5.91 Å². The molecule has 1 amide bonds. The van der Waals surface area contributed by atoms with Crippen molar-refractivity contribution in [2.75, 3.05) is 5.32 Å². The largest absolute Gasteiger partial charge is 0.506 e. The van der Waals surface area contributed by atoms with Gasteiger partial charge in [-0.15, -0.1) is 0 Å². The molecule has 0 aliphatic carbocycles. The zero-order chi connectivity index (χ0) is 14.7. The van der Waals surface area contributed by atoms with Crippen LogP contribution in [0.1, 0.15) is 13.0 Å². The molecule has 0 fully saturated rings. The van der Waals surface area contributed by atoms with E-state index < -0.39 is 16.9 Å². The van der Waals surface area contributed by atoms with Crippen LogP contribution in [0, 0.1) is 10.1 Å². The Morgan fingerprint density at radius 1 is 1.55 bits per heavy atom. The summed E-state index contributed by atoms with van der Waals surface area (Å²) in [6, 6.07) is 4.58. The smallest absolute Gasteiger partial charge is 0.273 e. The Balaban J connectivity index is 2.14. The third-order valence-corrected chi connectivity index (χ3v) is 2.75. The fraction of sp³-hybridized carbons (Fsp3) is 0.167. The molecule has 0 aliphatic rings. The van der Waals surface area contributed by atoms with Gasteiger partial charge in [-0.25, -0.2) is 0 Å². The van der Waals surface area contributed by atoms with E-state index >= 15 is 0 Å². The highest BCUT2D eigenvalue weighted by atomic mass is 16.6. The van der Waals surface area contributed by atoms with Crippen molar-refractivity contribution in [1.82, 2.24) is 9.78 Å². The van der Waals surface area contributed by atoms with Crippen molar-refractivity contribution < 1.29 is 14.8 Å². The quantitative estimate of drug-likeness (QED) is 0.501. The molecule has 0 bridgehead atoms. The van der Waals surface area contributed by atoms with E-state index in [9.17, 15) is 20.0 Å². The number of amides is 1. The minimum atomic E-state index is -0.627. The Kier molecular flexibility index (Phi) is 3.65. The molecule has 1 unspecified atom stereocenters. The molecule has 0 spiro atoms. The number of aromatic hydroxyl groups is 1. The summed E-state index contributed by atoms with van der Waals surface area (Å²) in [6.07, 6.45) is 3.19. The number of nitrogens with zero attached hydrogens (tertiary/aromatic N) is 3. The second-order valence-corrected chi connectivity index (χ2v) is 4.11. The molecule has 0 saturated heterocycles. The molecule has 0 radical (unpaired) electrons. The summed E-state index contributed by atoms with van der Waals surface area (Å²) >= 11 is 0. The average Bonchev–Trinajstić information content (AvgIpc) is 2.93. The molecule has 1 heterocycles. The number of rotatable bonds is 4. The lowest BCUT2D eigenvalue weighted by molar-refractivity contribution is -0.384. The van der Waals surface area contributed by atoms with Crippen LogP contribution in [0.5, 0.6) is 5.75 Å². The summed E-state index contributed by atoms with van der Waals surface area (Å²) in [5.74, 6) is -0.752. The molecule has 1 aromatic carbocycles. The third kappa shape index (κ3) is 2.74. The SMILES string of the molecule is CC(C(=O)Nc1ccc([N+](=O)[O-])cc1O)n1cccn1. The number of carbonyl (C=O) groups excluding carboxylic acids is 1. The lowest BCUT2D eigenvalue weighted by Crippen LogP contribution is -2.24. The van der Waals surface area contributed by atoms with Crippen LogP contribution in [-0.2, 0) is 4.79 Å². The zero-order valence-corrected chi connectivity index (χ0v) is 10.6. The number of non-ortho nitro benzene ring substituents is 1. The van der Waals surface area contributed by atoms with E-state index in [4.69, 9.17) is 0 Å². The van der Waals surface area contributed by atoms with E-state index in [1.807, 2.05) is 0 Å². The topological polar surface area (TPSA) is 110 Å². The van der Waals surface area contributed by atoms with Gasteiger partial charge in [0.15, 0.2) is 0 Å². The summed E-state index contributed by atoms with van der Waals surface area (Å²) in [7, 11) is 0. The molecule has 104 valence electrons. The van der Waals surface area contributed by atoms with E-state index in [1.54, 1.807) is 25.4 Å². The van der Waals surface area contributed by atoms with Crippen LogP contribution in [0.2, 0.25) is 0 Å². The van der Waals surface area contributed by atoms with Gasteiger partial charge in [-0.05, 0) is 19.1 Å². The van der Waals surface area contributed by atoms with Crippen molar-refractivity contribution in [2.45, 2.75) is 13.0 Å². The van der Waals surface area contributed by atoms with Gasteiger partial charge in [0.05, 0.1) is 16.7 Å². The molecule has 20 heavy (non-hydrogen) atoms. The van der Waals surface area contributed by atoms with Gasteiger partial charge in [-0.1, -0.05) is 0 Å². The molecule has 1 atom stereocenters. The van der Waals surface area contributed by atoms with Crippen LogP contribution in [-0.4, -0.2) is 25.7 Å². The molecule has 1 aromatic heterocycles. The number of nitrogens with one attached hydrogen (secondary N) is 1. The predicted molar refractivity (Wildman–Crippen MR) is 70.3 cm³/mol. The molecule has 0 aliphatic heterocycles. The predicted octanol–water partition coefficient (Wildman–Crippen LogP) is 1.70. The Labute approximate surface area is 113 Å². The Morgan fingerprint density at radius 3 is 2.85 bits per heavy atom. The molecular formula is C12H12N4O4. The molecule has 8 nitrogen and oxygen atoms in total. The number of nitro benzene ring substituents is 1. The number of nitro groups is 1. The Hall–Kier alpha value is -2.90. The minimum Gasteiger partial charge on any atom is -0.506 e. The number of carbonyl (C=O) groups is 1. The standard InChI is InChI=1S/C12H12N4O4/c1-8(15-6-2-5-13-15)12(18)14-10-4-3-9(16(19)20)7-11(10)17/h2-8,17H,1H3,(H,14,18). The molecule has 0 saturated carbocycles. The first-order chi connectivity index (χ1) is 9.49. The highest BCUT2D eigenvalue weighted by Gasteiger charge is 2.17. The molecule has 8 heteroatoms. The van der Waals surface area contributed by atoms with Gasteiger partial charge in [-0.2, -0.15) is 5.10 Å². The van der Waals surface area contributed by atoms with Gasteiger partial charge in [-0.3, -0.25) is 19.6 Å². The van der Waals surface area contributed by atoms with E-state index in [1.165, 1.54) is 16.8 Å². The number of benzene rings is 1. The number of phenols is 1. The molecule has 2 N–H and O–H groups in total. The maximum atomic E-state index is 12.0. The highest BCUT2D eigenvalue weighted by Crippen LogP contribution is 2.28. The van der Waals surface area contributed by atoms with Crippen molar-refractivity contribution in [3.05, 3.63) is 46.8 Å². The van der Waals surface area contributed by atoms with Gasteiger partial charge in [0.1, 0.15) is 11.8 Å². The van der Waals surface area contributed by atoms with Crippen molar-refractivity contribution in [1.29, 1.82) is 0 Å². The van der Waals surface area contributed by atoms with Gasteiger partial charge >= 0.3 is 0 Å². The van der Waals surface area contributed by atoms with Crippen LogP contribution in [0.25, 0.3) is 0 Å². The number of hydrogen-bond acceptors (Lipinski definition) is 5. The summed E-state index contributed by atoms with van der Waals surface area (Å²) < 4.78 is 1.46. The molecule has 2 aromatic rings. The van der Waals surface area contributed by atoms with Crippen LogP contribution >= 0.6 is 0 Å². The summed E-state index contributed by atoms with van der Waals surface area (Å²) in [5, 5.41) is 26.6. The monoisotopic (exact) mass is 276 g/mol. The zero-order valence-electron chi connectivity index (χ0n) is 10.6. The van der Waals surface area contributed by atoms with E-state index in [0.717, 1.165) is 6.07 Å². The maximum Gasteiger partial charge on any atom is 0.273 e.